The van der Waals surface area contributed by atoms with Crippen LogP contribution in [0.15, 0.2) is 24.9 Å². The van der Waals surface area contributed by atoms with Crippen LogP contribution in [-0.4, -0.2) is 17.6 Å². The van der Waals surface area contributed by atoms with Crippen LogP contribution in [0.1, 0.15) is 12.6 Å². The summed E-state index contributed by atoms with van der Waals surface area (Å²) < 4.78 is 4.77. The van der Waals surface area contributed by atoms with Crippen molar-refractivity contribution >= 4 is 11.5 Å². The zero-order valence-corrected chi connectivity index (χ0v) is 6.96. The summed E-state index contributed by atoms with van der Waals surface area (Å²) in [5.74, 6) is -0.375. The summed E-state index contributed by atoms with van der Waals surface area (Å²) >= 11 is 0. The number of nitrogens with one attached hydrogen (secondary N) is 1. The minimum absolute atomic E-state index is 0.363. The lowest BCUT2D eigenvalue weighted by molar-refractivity contribution is -0.136. The third-order valence-corrected chi connectivity index (χ3v) is 1.44. The van der Waals surface area contributed by atoms with Crippen molar-refractivity contribution in [3.8, 4) is 0 Å². The molecule has 1 aromatic heterocycles. The smallest absolute Gasteiger partial charge is 0.339 e. The van der Waals surface area contributed by atoms with Gasteiger partial charge in [-0.05, 0) is 19.1 Å². The summed E-state index contributed by atoms with van der Waals surface area (Å²) in [4.78, 5) is 14.0. The lowest BCUT2D eigenvalue weighted by Gasteiger charge is -2.01. The zero-order chi connectivity index (χ0) is 8.97. The fourth-order valence-corrected chi connectivity index (χ4v) is 0.846. The topological polar surface area (TPSA) is 42.1 Å². The molecule has 3 nitrogen and oxygen atoms in total. The maximum atomic E-state index is 11.1. The van der Waals surface area contributed by atoms with Crippen molar-refractivity contribution in [1.82, 2.24) is 4.98 Å². The van der Waals surface area contributed by atoms with Gasteiger partial charge in [-0.25, -0.2) is 4.79 Å². The van der Waals surface area contributed by atoms with Gasteiger partial charge in [0.1, 0.15) is 0 Å². The van der Waals surface area contributed by atoms with E-state index in [1.807, 2.05) is 0 Å². The van der Waals surface area contributed by atoms with Crippen molar-refractivity contribution in [3.05, 3.63) is 30.6 Å². The standard InChI is InChI=1S/C9H11NO2/c1-3-12-9(11)7(2)8-5-4-6-10-8/h4-6,10H,2-3H2,1H3. The maximum absolute atomic E-state index is 11.1. The van der Waals surface area contributed by atoms with Crippen molar-refractivity contribution in [2.45, 2.75) is 6.92 Å². The Morgan fingerprint density at radius 3 is 3.00 bits per heavy atom. The highest BCUT2D eigenvalue weighted by Crippen LogP contribution is 2.10. The van der Waals surface area contributed by atoms with Gasteiger partial charge in [0.25, 0.3) is 0 Å². The molecule has 0 bridgehead atoms. The van der Waals surface area contributed by atoms with Gasteiger partial charge in [0.2, 0.25) is 0 Å². The van der Waals surface area contributed by atoms with E-state index >= 15 is 0 Å². The van der Waals surface area contributed by atoms with Gasteiger partial charge in [-0.1, -0.05) is 6.58 Å². The van der Waals surface area contributed by atoms with Gasteiger partial charge in [-0.15, -0.1) is 0 Å². The summed E-state index contributed by atoms with van der Waals surface area (Å²) in [6.45, 7) is 5.75. The first kappa shape index (κ1) is 8.59. The molecule has 0 aliphatic carbocycles. The quantitative estimate of drug-likeness (QED) is 0.546. The summed E-state index contributed by atoms with van der Waals surface area (Å²) in [6.07, 6.45) is 1.74. The molecule has 0 aliphatic heterocycles. The summed E-state index contributed by atoms with van der Waals surface area (Å²) in [6, 6.07) is 3.58. The minimum atomic E-state index is -0.375. The molecule has 1 N–H and O–H groups in total. The molecule has 12 heavy (non-hydrogen) atoms. The second kappa shape index (κ2) is 3.76. The Balaban J connectivity index is 2.66. The summed E-state index contributed by atoms with van der Waals surface area (Å²) in [5, 5.41) is 0. The second-order valence-electron chi connectivity index (χ2n) is 2.28. The molecular formula is C9H11NO2. The molecular weight excluding hydrogens is 154 g/mol. The fraction of sp³-hybridized carbons (Fsp3) is 0.222. The van der Waals surface area contributed by atoms with Gasteiger partial charge in [-0.2, -0.15) is 0 Å². The van der Waals surface area contributed by atoms with Crippen LogP contribution in [0.3, 0.4) is 0 Å². The van der Waals surface area contributed by atoms with Crippen LogP contribution < -0.4 is 0 Å². The van der Waals surface area contributed by atoms with Crippen molar-refractivity contribution in [2.24, 2.45) is 0 Å². The van der Waals surface area contributed by atoms with E-state index in [1.165, 1.54) is 0 Å². The minimum Gasteiger partial charge on any atom is -0.462 e. The first-order chi connectivity index (χ1) is 5.75. The van der Waals surface area contributed by atoms with Gasteiger partial charge in [0, 0.05) is 6.20 Å². The number of rotatable bonds is 3. The number of aromatic nitrogens is 1. The number of hydrogen-bond donors (Lipinski definition) is 1. The molecule has 0 fully saturated rings. The van der Waals surface area contributed by atoms with Gasteiger partial charge < -0.3 is 9.72 Å². The van der Waals surface area contributed by atoms with Crippen LogP contribution in [-0.2, 0) is 9.53 Å². The molecule has 0 amide bonds. The first-order valence-corrected chi connectivity index (χ1v) is 3.75. The van der Waals surface area contributed by atoms with E-state index in [2.05, 4.69) is 11.6 Å². The number of ether oxygens (including phenoxy) is 1. The van der Waals surface area contributed by atoms with Crippen LogP contribution in [0, 0.1) is 0 Å². The number of carbonyl (C=O) groups excluding carboxylic acids is 1. The van der Waals surface area contributed by atoms with Crippen molar-refractivity contribution in [3.63, 3.8) is 0 Å². The molecule has 0 saturated heterocycles. The monoisotopic (exact) mass is 165 g/mol. The molecule has 0 atom stereocenters. The largest absolute Gasteiger partial charge is 0.462 e. The van der Waals surface area contributed by atoms with Crippen LogP contribution in [0.25, 0.3) is 5.57 Å². The average Bonchev–Trinajstić information content (AvgIpc) is 2.55. The van der Waals surface area contributed by atoms with Gasteiger partial charge in [-0.3, -0.25) is 0 Å². The number of carbonyl (C=O) groups is 1. The van der Waals surface area contributed by atoms with E-state index in [0.717, 1.165) is 0 Å². The van der Waals surface area contributed by atoms with Crippen molar-refractivity contribution in [1.29, 1.82) is 0 Å². The molecule has 0 aliphatic rings. The molecule has 0 unspecified atom stereocenters. The predicted octanol–water partition coefficient (Wildman–Crippen LogP) is 1.59. The molecule has 1 rings (SSSR count). The Morgan fingerprint density at radius 1 is 1.75 bits per heavy atom. The van der Waals surface area contributed by atoms with Crippen molar-refractivity contribution < 1.29 is 9.53 Å². The molecule has 1 heterocycles. The van der Waals surface area contributed by atoms with Gasteiger partial charge in [0.05, 0.1) is 17.9 Å². The Labute approximate surface area is 71.1 Å². The predicted molar refractivity (Wildman–Crippen MR) is 46.5 cm³/mol. The van der Waals surface area contributed by atoms with Crippen LogP contribution in [0.4, 0.5) is 0 Å². The maximum Gasteiger partial charge on any atom is 0.339 e. The molecule has 0 spiro atoms. The molecule has 1 aromatic rings. The van der Waals surface area contributed by atoms with Crippen LogP contribution in [0.2, 0.25) is 0 Å². The van der Waals surface area contributed by atoms with Gasteiger partial charge >= 0.3 is 5.97 Å². The summed E-state index contributed by atoms with van der Waals surface area (Å²) in [7, 11) is 0. The van der Waals surface area contributed by atoms with E-state index in [-0.39, 0.29) is 5.97 Å². The number of aromatic amines is 1. The molecule has 0 saturated carbocycles. The molecule has 64 valence electrons. The van der Waals surface area contributed by atoms with Crippen LogP contribution >= 0.6 is 0 Å². The van der Waals surface area contributed by atoms with Gasteiger partial charge in [0.15, 0.2) is 0 Å². The van der Waals surface area contributed by atoms with Crippen LogP contribution in [0.5, 0.6) is 0 Å². The Bertz CT molecular complexity index is 275. The lowest BCUT2D eigenvalue weighted by atomic mass is 10.2. The lowest BCUT2D eigenvalue weighted by Crippen LogP contribution is -2.05. The highest BCUT2D eigenvalue weighted by molar-refractivity contribution is 6.14. The number of esters is 1. The Morgan fingerprint density at radius 2 is 2.50 bits per heavy atom. The van der Waals surface area contributed by atoms with E-state index in [0.29, 0.717) is 17.9 Å². The molecule has 0 aromatic carbocycles. The molecule has 3 heteroatoms. The average molecular weight is 165 g/mol. The zero-order valence-electron chi connectivity index (χ0n) is 6.96. The van der Waals surface area contributed by atoms with E-state index in [9.17, 15) is 4.79 Å². The van der Waals surface area contributed by atoms with E-state index in [1.54, 1.807) is 25.3 Å². The second-order valence-corrected chi connectivity index (χ2v) is 2.28. The van der Waals surface area contributed by atoms with Crippen molar-refractivity contribution in [2.75, 3.05) is 6.61 Å². The molecule has 0 radical (unpaired) electrons. The normalized spacial score (nSPS) is 9.42. The Kier molecular flexibility index (Phi) is 2.69. The first-order valence-electron chi connectivity index (χ1n) is 3.75. The highest BCUT2D eigenvalue weighted by atomic mass is 16.5. The SMILES string of the molecule is C=C(C(=O)OCC)c1ccc[nH]1. The highest BCUT2D eigenvalue weighted by Gasteiger charge is 2.09. The number of hydrogen-bond acceptors (Lipinski definition) is 2. The summed E-state index contributed by atoms with van der Waals surface area (Å²) in [5.41, 5.74) is 1.07. The fourth-order valence-electron chi connectivity index (χ4n) is 0.846. The Hall–Kier alpha value is -1.51. The third-order valence-electron chi connectivity index (χ3n) is 1.44. The number of H-pyrrole nitrogens is 1. The van der Waals surface area contributed by atoms with E-state index in [4.69, 9.17) is 4.74 Å². The van der Waals surface area contributed by atoms with E-state index < -0.39 is 0 Å². The third kappa shape index (κ3) is 1.75.